The number of benzene rings is 1. The van der Waals surface area contributed by atoms with Crippen molar-refractivity contribution in [2.45, 2.75) is 6.54 Å². The lowest BCUT2D eigenvalue weighted by Crippen LogP contribution is -2.09. The molecule has 0 fully saturated rings. The Morgan fingerprint density at radius 3 is 2.52 bits per heavy atom. The minimum Gasteiger partial charge on any atom is -0.507 e. The van der Waals surface area contributed by atoms with Crippen molar-refractivity contribution >= 4 is 17.5 Å². The normalized spacial score (nSPS) is 11.4. The standard InChI is InChI=1S/C14H11FN2O4/c15-11-3-1-9(2-4-11)7-17-8-10(6-16-17)12(18)5-13(19)14(20)21/h1-6,8,18H,7H2,(H,20,21)/b12-5-. The SMILES string of the molecule is O=C(O)C(=O)/C=C(\O)c1cnn(Cc2ccc(F)cc2)c1. The molecule has 0 radical (unpaired) electrons. The van der Waals surface area contributed by atoms with Crippen molar-refractivity contribution < 1.29 is 24.2 Å². The highest BCUT2D eigenvalue weighted by atomic mass is 19.1. The average molecular weight is 290 g/mol. The number of carbonyl (C=O) groups is 2. The van der Waals surface area contributed by atoms with Gasteiger partial charge in [0.1, 0.15) is 11.6 Å². The number of aliphatic hydroxyl groups is 1. The van der Waals surface area contributed by atoms with Crippen LogP contribution in [-0.2, 0) is 16.1 Å². The lowest BCUT2D eigenvalue weighted by atomic mass is 10.2. The molecule has 1 aromatic carbocycles. The number of rotatable bonds is 5. The number of carboxylic acids is 1. The van der Waals surface area contributed by atoms with E-state index in [-0.39, 0.29) is 11.4 Å². The van der Waals surface area contributed by atoms with Gasteiger partial charge in [-0.2, -0.15) is 5.10 Å². The number of halogens is 1. The summed E-state index contributed by atoms with van der Waals surface area (Å²) in [7, 11) is 0. The van der Waals surface area contributed by atoms with Gasteiger partial charge in [-0.15, -0.1) is 0 Å². The van der Waals surface area contributed by atoms with Crippen molar-refractivity contribution in [1.29, 1.82) is 0 Å². The number of aliphatic hydroxyl groups excluding tert-OH is 1. The molecule has 0 spiro atoms. The molecule has 2 rings (SSSR count). The highest BCUT2D eigenvalue weighted by Gasteiger charge is 2.11. The zero-order valence-corrected chi connectivity index (χ0v) is 10.7. The van der Waals surface area contributed by atoms with E-state index in [0.717, 1.165) is 5.56 Å². The molecule has 0 atom stereocenters. The maximum atomic E-state index is 12.8. The molecular weight excluding hydrogens is 279 g/mol. The summed E-state index contributed by atoms with van der Waals surface area (Å²) in [5.74, 6) is -3.69. The molecule has 108 valence electrons. The van der Waals surface area contributed by atoms with E-state index >= 15 is 0 Å². The quantitative estimate of drug-likeness (QED) is 0.496. The Morgan fingerprint density at radius 2 is 1.90 bits per heavy atom. The number of hydrogen-bond acceptors (Lipinski definition) is 4. The fourth-order valence-corrected chi connectivity index (χ4v) is 1.63. The van der Waals surface area contributed by atoms with Crippen LogP contribution in [0.4, 0.5) is 4.39 Å². The monoisotopic (exact) mass is 290 g/mol. The third kappa shape index (κ3) is 3.75. The van der Waals surface area contributed by atoms with E-state index in [9.17, 15) is 19.1 Å². The van der Waals surface area contributed by atoms with Crippen LogP contribution in [0.15, 0.2) is 42.7 Å². The van der Waals surface area contributed by atoms with Crippen molar-refractivity contribution in [3.8, 4) is 0 Å². The van der Waals surface area contributed by atoms with E-state index in [1.165, 1.54) is 29.2 Å². The molecule has 0 aliphatic carbocycles. The molecule has 0 aliphatic heterocycles. The van der Waals surface area contributed by atoms with Crippen LogP contribution in [0.5, 0.6) is 0 Å². The number of aromatic nitrogens is 2. The third-order valence-electron chi connectivity index (χ3n) is 2.67. The summed E-state index contributed by atoms with van der Waals surface area (Å²) in [6, 6.07) is 5.84. The minimum atomic E-state index is -1.65. The Bertz CT molecular complexity index is 704. The summed E-state index contributed by atoms with van der Waals surface area (Å²) in [6.07, 6.45) is 3.36. The number of aliphatic carboxylic acids is 1. The Morgan fingerprint density at radius 1 is 1.24 bits per heavy atom. The van der Waals surface area contributed by atoms with Crippen LogP contribution in [0.3, 0.4) is 0 Å². The van der Waals surface area contributed by atoms with Crippen LogP contribution >= 0.6 is 0 Å². The fraction of sp³-hybridized carbons (Fsp3) is 0.0714. The second-order valence-electron chi connectivity index (χ2n) is 4.25. The van der Waals surface area contributed by atoms with Gasteiger partial charge in [-0.1, -0.05) is 12.1 Å². The van der Waals surface area contributed by atoms with Crippen LogP contribution in [0.1, 0.15) is 11.1 Å². The van der Waals surface area contributed by atoms with Crippen LogP contribution in [0.25, 0.3) is 5.76 Å². The lowest BCUT2D eigenvalue weighted by molar-refractivity contribution is -0.146. The van der Waals surface area contributed by atoms with Crippen molar-refractivity contribution in [3.63, 3.8) is 0 Å². The second kappa shape index (κ2) is 6.00. The van der Waals surface area contributed by atoms with Crippen LogP contribution in [-0.4, -0.2) is 31.7 Å². The molecule has 7 heteroatoms. The zero-order chi connectivity index (χ0) is 15.4. The minimum absolute atomic E-state index is 0.215. The summed E-state index contributed by atoms with van der Waals surface area (Å²) in [6.45, 7) is 0.348. The van der Waals surface area contributed by atoms with Crippen LogP contribution in [0, 0.1) is 5.82 Å². The lowest BCUT2D eigenvalue weighted by Gasteiger charge is -2.01. The molecule has 0 saturated carbocycles. The van der Waals surface area contributed by atoms with E-state index in [2.05, 4.69) is 5.10 Å². The molecular formula is C14H11FN2O4. The molecule has 1 heterocycles. The number of ketones is 1. The van der Waals surface area contributed by atoms with E-state index in [1.54, 1.807) is 12.1 Å². The first kappa shape index (κ1) is 14.4. The summed E-state index contributed by atoms with van der Waals surface area (Å²) in [5, 5.41) is 22.0. The summed E-state index contributed by atoms with van der Waals surface area (Å²) >= 11 is 0. The van der Waals surface area contributed by atoms with Gasteiger partial charge in [0.25, 0.3) is 5.78 Å². The largest absolute Gasteiger partial charge is 0.507 e. The molecule has 6 nitrogen and oxygen atoms in total. The highest BCUT2D eigenvalue weighted by molar-refractivity contribution is 6.38. The van der Waals surface area contributed by atoms with E-state index in [4.69, 9.17) is 5.11 Å². The summed E-state index contributed by atoms with van der Waals surface area (Å²) in [4.78, 5) is 21.3. The molecule has 0 aliphatic rings. The molecule has 1 aromatic heterocycles. The maximum Gasteiger partial charge on any atom is 0.376 e. The Hall–Kier alpha value is -2.96. The zero-order valence-electron chi connectivity index (χ0n) is 10.7. The molecule has 0 saturated heterocycles. The van der Waals surface area contributed by atoms with Crippen molar-refractivity contribution in [2.24, 2.45) is 0 Å². The van der Waals surface area contributed by atoms with Gasteiger partial charge < -0.3 is 10.2 Å². The number of carbonyl (C=O) groups excluding carboxylic acids is 1. The van der Waals surface area contributed by atoms with Gasteiger partial charge in [0.15, 0.2) is 0 Å². The molecule has 21 heavy (non-hydrogen) atoms. The van der Waals surface area contributed by atoms with E-state index in [1.807, 2.05) is 0 Å². The van der Waals surface area contributed by atoms with Gasteiger partial charge in [-0.25, -0.2) is 9.18 Å². The highest BCUT2D eigenvalue weighted by Crippen LogP contribution is 2.11. The number of hydrogen-bond donors (Lipinski definition) is 2. The molecule has 2 N–H and O–H groups in total. The third-order valence-corrected chi connectivity index (χ3v) is 2.67. The maximum absolute atomic E-state index is 12.8. The second-order valence-corrected chi connectivity index (χ2v) is 4.25. The van der Waals surface area contributed by atoms with Crippen LogP contribution < -0.4 is 0 Å². The summed E-state index contributed by atoms with van der Waals surface area (Å²) < 4.78 is 14.2. The fourth-order valence-electron chi connectivity index (χ4n) is 1.63. The Labute approximate surface area is 118 Å². The predicted octanol–water partition coefficient (Wildman–Crippen LogP) is 1.62. The van der Waals surface area contributed by atoms with Crippen LogP contribution in [0.2, 0.25) is 0 Å². The molecule has 0 bridgehead atoms. The van der Waals surface area contributed by atoms with E-state index in [0.29, 0.717) is 12.6 Å². The van der Waals surface area contributed by atoms with E-state index < -0.39 is 17.5 Å². The van der Waals surface area contributed by atoms with Crippen molar-refractivity contribution in [2.75, 3.05) is 0 Å². The first-order chi connectivity index (χ1) is 9.95. The molecule has 0 amide bonds. The van der Waals surface area contributed by atoms with Gasteiger partial charge in [0.05, 0.1) is 18.3 Å². The number of nitrogens with zero attached hydrogens (tertiary/aromatic N) is 2. The van der Waals surface area contributed by atoms with Gasteiger partial charge in [-0.3, -0.25) is 9.48 Å². The molecule has 2 aromatic rings. The summed E-state index contributed by atoms with van der Waals surface area (Å²) in [5.41, 5.74) is 1.02. The Balaban J connectivity index is 2.12. The first-order valence-electron chi connectivity index (χ1n) is 5.91. The van der Waals surface area contributed by atoms with Crippen molar-refractivity contribution in [3.05, 3.63) is 59.7 Å². The van der Waals surface area contributed by atoms with Gasteiger partial charge in [-0.05, 0) is 17.7 Å². The molecule has 0 unspecified atom stereocenters. The van der Waals surface area contributed by atoms with Gasteiger partial charge in [0.2, 0.25) is 0 Å². The predicted molar refractivity (Wildman–Crippen MR) is 71.0 cm³/mol. The number of carboxylic acid groups (broad SMARTS) is 1. The first-order valence-corrected chi connectivity index (χ1v) is 5.91. The van der Waals surface area contributed by atoms with Gasteiger partial charge in [0, 0.05) is 12.3 Å². The van der Waals surface area contributed by atoms with Crippen molar-refractivity contribution in [1.82, 2.24) is 9.78 Å². The Kier molecular flexibility index (Phi) is 4.13. The average Bonchev–Trinajstić information content (AvgIpc) is 2.90. The topological polar surface area (TPSA) is 92.4 Å². The smallest absolute Gasteiger partial charge is 0.376 e. The van der Waals surface area contributed by atoms with Gasteiger partial charge >= 0.3 is 5.97 Å².